The fourth-order valence-corrected chi connectivity index (χ4v) is 4.27. The first kappa shape index (κ1) is 16.4. The Morgan fingerprint density at radius 3 is 3.09 bits per heavy atom. The van der Waals surface area contributed by atoms with Gasteiger partial charge in [-0.1, -0.05) is 31.9 Å². The Kier molecular flexibility index (Phi) is 5.62. The minimum absolute atomic E-state index is 0.145. The molecule has 0 bridgehead atoms. The van der Waals surface area contributed by atoms with Crippen LogP contribution in [0.5, 0.6) is 0 Å². The Balaban J connectivity index is 1.69. The largest absolute Gasteiger partial charge is 0.355 e. The molecule has 0 spiro atoms. The maximum atomic E-state index is 12.2. The molecule has 4 nitrogen and oxygen atoms in total. The van der Waals surface area contributed by atoms with E-state index >= 15 is 0 Å². The molecule has 1 amide bonds. The average Bonchev–Trinajstić information content (AvgIpc) is 2.99. The maximum Gasteiger partial charge on any atom is 0.234 e. The number of unbranched alkanes of at least 4 members (excludes halogenated alkanes) is 1. The van der Waals surface area contributed by atoms with Gasteiger partial charge in [-0.2, -0.15) is 0 Å². The molecule has 1 aromatic carbocycles. The second kappa shape index (κ2) is 7.88. The Morgan fingerprint density at radius 1 is 1.39 bits per heavy atom. The van der Waals surface area contributed by atoms with Gasteiger partial charge in [0.2, 0.25) is 5.91 Å². The van der Waals surface area contributed by atoms with Crippen LogP contribution in [0.2, 0.25) is 0 Å². The first-order valence-electron chi connectivity index (χ1n) is 8.64. The van der Waals surface area contributed by atoms with E-state index in [1.807, 2.05) is 6.07 Å². The highest BCUT2D eigenvalue weighted by molar-refractivity contribution is 7.18. The summed E-state index contributed by atoms with van der Waals surface area (Å²) in [6.07, 6.45) is 5.64. The van der Waals surface area contributed by atoms with Gasteiger partial charge in [0.25, 0.3) is 0 Å². The quantitative estimate of drug-likeness (QED) is 0.820. The van der Waals surface area contributed by atoms with Gasteiger partial charge >= 0.3 is 0 Å². The van der Waals surface area contributed by atoms with Crippen molar-refractivity contribution in [3.63, 3.8) is 0 Å². The number of hydrogen-bond acceptors (Lipinski definition) is 4. The number of para-hydroxylation sites is 1. The highest BCUT2D eigenvalue weighted by Crippen LogP contribution is 2.35. The van der Waals surface area contributed by atoms with Crippen LogP contribution in [0.1, 0.15) is 50.1 Å². The Hall–Kier alpha value is -1.46. The first-order chi connectivity index (χ1) is 11.3. The van der Waals surface area contributed by atoms with E-state index in [0.717, 1.165) is 42.9 Å². The van der Waals surface area contributed by atoms with E-state index in [4.69, 9.17) is 4.98 Å². The van der Waals surface area contributed by atoms with Gasteiger partial charge in [-0.25, -0.2) is 4.98 Å². The van der Waals surface area contributed by atoms with Crippen molar-refractivity contribution in [3.05, 3.63) is 29.3 Å². The lowest BCUT2D eigenvalue weighted by molar-refractivity contribution is -0.123. The highest BCUT2D eigenvalue weighted by atomic mass is 32.1. The number of amides is 1. The second-order valence-electron chi connectivity index (χ2n) is 6.21. The van der Waals surface area contributed by atoms with Gasteiger partial charge in [0.05, 0.1) is 22.8 Å². The number of thiazole rings is 1. The molecule has 0 radical (unpaired) electrons. The number of carbonyl (C=O) groups is 1. The molecule has 124 valence electrons. The van der Waals surface area contributed by atoms with E-state index in [0.29, 0.717) is 6.54 Å². The normalized spacial score (nSPS) is 19.1. The summed E-state index contributed by atoms with van der Waals surface area (Å²) >= 11 is 1.77. The zero-order valence-corrected chi connectivity index (χ0v) is 14.6. The minimum Gasteiger partial charge on any atom is -0.355 e. The Bertz CT molecular complexity index is 622. The number of likely N-dealkylation sites (tertiary alicyclic amines) is 1. The van der Waals surface area contributed by atoms with Crippen molar-refractivity contribution >= 4 is 27.5 Å². The Labute approximate surface area is 141 Å². The molecular formula is C18H25N3OS. The molecule has 23 heavy (non-hydrogen) atoms. The van der Waals surface area contributed by atoms with Crippen LogP contribution in [0.4, 0.5) is 0 Å². The van der Waals surface area contributed by atoms with Crippen molar-refractivity contribution in [2.75, 3.05) is 19.6 Å². The third-order valence-corrected chi connectivity index (χ3v) is 5.55. The zero-order valence-electron chi connectivity index (χ0n) is 13.8. The van der Waals surface area contributed by atoms with Crippen LogP contribution in [0.15, 0.2) is 24.3 Å². The van der Waals surface area contributed by atoms with Crippen molar-refractivity contribution in [2.45, 2.75) is 45.1 Å². The number of fused-ring (bicyclic) bond motifs is 1. The number of hydrogen-bond donors (Lipinski definition) is 1. The van der Waals surface area contributed by atoms with Crippen molar-refractivity contribution in [2.24, 2.45) is 0 Å². The van der Waals surface area contributed by atoms with Gasteiger partial charge in [-0.05, 0) is 37.9 Å². The van der Waals surface area contributed by atoms with Crippen LogP contribution in [0.3, 0.4) is 0 Å². The number of nitrogens with zero attached hydrogens (tertiary/aromatic N) is 2. The summed E-state index contributed by atoms with van der Waals surface area (Å²) in [5.41, 5.74) is 1.07. The molecule has 0 saturated carbocycles. The fraction of sp³-hybridized carbons (Fsp3) is 0.556. The molecule has 2 aromatic rings. The third-order valence-electron chi connectivity index (χ3n) is 4.41. The van der Waals surface area contributed by atoms with Gasteiger partial charge in [-0.3, -0.25) is 9.69 Å². The van der Waals surface area contributed by atoms with Gasteiger partial charge in [0.15, 0.2) is 0 Å². The third kappa shape index (κ3) is 4.09. The second-order valence-corrected chi connectivity index (χ2v) is 7.27. The number of benzene rings is 1. The minimum atomic E-state index is 0.145. The molecule has 1 aliphatic heterocycles. The molecule has 1 aliphatic rings. The van der Waals surface area contributed by atoms with Crippen LogP contribution in [-0.2, 0) is 4.79 Å². The summed E-state index contributed by atoms with van der Waals surface area (Å²) in [5.74, 6) is 0.145. The molecule has 0 unspecified atom stereocenters. The predicted octanol–water partition coefficient (Wildman–Crippen LogP) is 3.74. The molecule has 5 heteroatoms. The molecule has 3 rings (SSSR count). The number of carbonyl (C=O) groups excluding carboxylic acids is 1. The van der Waals surface area contributed by atoms with Crippen molar-refractivity contribution < 1.29 is 4.79 Å². The standard InChI is InChI=1S/C18H25N3OS/c1-2-3-11-19-17(22)13-21-12-7-6-9-15(21)18-20-14-8-4-5-10-16(14)23-18/h4-5,8,10,15H,2-3,6-7,9,11-13H2,1H3,(H,19,22)/t15-/m1/s1. The van der Waals surface area contributed by atoms with Gasteiger partial charge in [0, 0.05) is 6.54 Å². The topological polar surface area (TPSA) is 45.2 Å². The molecular weight excluding hydrogens is 306 g/mol. The fourth-order valence-electron chi connectivity index (χ4n) is 3.14. The lowest BCUT2D eigenvalue weighted by Gasteiger charge is -2.33. The van der Waals surface area contributed by atoms with Crippen molar-refractivity contribution in [1.82, 2.24) is 15.2 Å². The van der Waals surface area contributed by atoms with Crippen LogP contribution in [-0.4, -0.2) is 35.4 Å². The number of rotatable bonds is 6. The van der Waals surface area contributed by atoms with Crippen molar-refractivity contribution in [1.29, 1.82) is 0 Å². The van der Waals surface area contributed by atoms with E-state index in [1.54, 1.807) is 11.3 Å². The van der Waals surface area contributed by atoms with Crippen LogP contribution in [0.25, 0.3) is 10.2 Å². The molecule has 1 fully saturated rings. The summed E-state index contributed by atoms with van der Waals surface area (Å²) < 4.78 is 1.24. The van der Waals surface area contributed by atoms with Crippen molar-refractivity contribution in [3.8, 4) is 0 Å². The lowest BCUT2D eigenvalue weighted by atomic mass is 10.0. The SMILES string of the molecule is CCCCNC(=O)CN1CCCC[C@@H]1c1nc2ccccc2s1. The van der Waals surface area contributed by atoms with Crippen LogP contribution >= 0.6 is 11.3 Å². The summed E-state index contributed by atoms with van der Waals surface area (Å²) in [5, 5.41) is 4.19. The van der Waals surface area contributed by atoms with E-state index in [2.05, 4.69) is 35.3 Å². The van der Waals surface area contributed by atoms with Crippen LogP contribution < -0.4 is 5.32 Å². The van der Waals surface area contributed by atoms with E-state index in [-0.39, 0.29) is 11.9 Å². The van der Waals surface area contributed by atoms with Gasteiger partial charge in [0.1, 0.15) is 5.01 Å². The predicted molar refractivity (Wildman–Crippen MR) is 95.7 cm³/mol. The maximum absolute atomic E-state index is 12.2. The molecule has 1 N–H and O–H groups in total. The Morgan fingerprint density at radius 2 is 2.26 bits per heavy atom. The van der Waals surface area contributed by atoms with Gasteiger partial charge in [-0.15, -0.1) is 11.3 Å². The smallest absolute Gasteiger partial charge is 0.234 e. The van der Waals surface area contributed by atoms with E-state index < -0.39 is 0 Å². The average molecular weight is 331 g/mol. The zero-order chi connectivity index (χ0) is 16.1. The number of aromatic nitrogens is 1. The summed E-state index contributed by atoms with van der Waals surface area (Å²) in [6.45, 7) is 4.40. The molecule has 1 aromatic heterocycles. The number of piperidine rings is 1. The lowest BCUT2D eigenvalue weighted by Crippen LogP contribution is -2.41. The summed E-state index contributed by atoms with van der Waals surface area (Å²) in [4.78, 5) is 19.3. The molecule has 1 saturated heterocycles. The van der Waals surface area contributed by atoms with Gasteiger partial charge < -0.3 is 5.32 Å². The first-order valence-corrected chi connectivity index (χ1v) is 9.46. The highest BCUT2D eigenvalue weighted by Gasteiger charge is 2.28. The number of nitrogens with one attached hydrogen (secondary N) is 1. The molecule has 1 atom stereocenters. The summed E-state index contributed by atoms with van der Waals surface area (Å²) in [6, 6.07) is 8.58. The molecule has 2 heterocycles. The monoisotopic (exact) mass is 331 g/mol. The van der Waals surface area contributed by atoms with Crippen LogP contribution in [0, 0.1) is 0 Å². The molecule has 0 aliphatic carbocycles. The van der Waals surface area contributed by atoms with E-state index in [9.17, 15) is 4.79 Å². The summed E-state index contributed by atoms with van der Waals surface area (Å²) in [7, 11) is 0. The van der Waals surface area contributed by atoms with E-state index in [1.165, 1.54) is 17.5 Å².